The Balaban J connectivity index is 1.63. The van der Waals surface area contributed by atoms with E-state index in [1.165, 1.54) is 29.2 Å². The third-order valence-corrected chi connectivity index (χ3v) is 7.41. The van der Waals surface area contributed by atoms with Crippen molar-refractivity contribution in [2.75, 3.05) is 18.1 Å². The number of carbonyl (C=O) groups is 1. The quantitative estimate of drug-likeness (QED) is 0.408. The molecule has 0 bridgehead atoms. The molecule has 0 spiro atoms. The normalized spacial score (nSPS) is 15.4. The number of hydrogen-bond donors (Lipinski definition) is 0. The van der Waals surface area contributed by atoms with Crippen molar-refractivity contribution in [2.24, 2.45) is 0 Å². The Morgan fingerprint density at radius 1 is 1.13 bits per heavy atom. The van der Waals surface area contributed by atoms with Gasteiger partial charge in [-0.3, -0.25) is 0 Å². The highest BCUT2D eigenvalue weighted by Crippen LogP contribution is 2.31. The maximum Gasteiger partial charge on any atom is 0.346 e. The maximum atomic E-state index is 12.4. The Bertz CT molecular complexity index is 981. The van der Waals surface area contributed by atoms with E-state index in [4.69, 9.17) is 15.9 Å². The van der Waals surface area contributed by atoms with E-state index in [-0.39, 0.29) is 6.61 Å². The summed E-state index contributed by atoms with van der Waals surface area (Å²) in [5, 5.41) is 0. The third kappa shape index (κ3) is 5.62. The zero-order valence-electron chi connectivity index (χ0n) is 17.8. The van der Waals surface area contributed by atoms with Crippen molar-refractivity contribution in [1.29, 1.82) is 0 Å². The van der Waals surface area contributed by atoms with Crippen LogP contribution in [0.25, 0.3) is 0 Å². The van der Waals surface area contributed by atoms with Gasteiger partial charge in [0.15, 0.2) is 11.5 Å². The highest BCUT2D eigenvalue weighted by Gasteiger charge is 2.28. The Hall–Kier alpha value is -2.82. The molecular weight excluding hydrogens is 392 g/mol. The van der Waals surface area contributed by atoms with Crippen molar-refractivity contribution < 1.29 is 14.3 Å². The van der Waals surface area contributed by atoms with Crippen LogP contribution >= 0.6 is 0 Å². The molecular formula is C26H27O3S+. The smallest absolute Gasteiger partial charge is 0.346 e. The number of ether oxygens (including phenoxy) is 2. The van der Waals surface area contributed by atoms with Crippen LogP contribution in [0.4, 0.5) is 0 Å². The molecule has 1 saturated heterocycles. The summed E-state index contributed by atoms with van der Waals surface area (Å²) in [5.41, 5.74) is 1.58. The van der Waals surface area contributed by atoms with Crippen molar-refractivity contribution in [3.63, 3.8) is 0 Å². The number of benzene rings is 2. The molecule has 1 atom stereocenters. The molecule has 1 aliphatic rings. The molecule has 0 aliphatic carbocycles. The molecule has 1 unspecified atom stereocenters. The molecule has 3 rings (SSSR count). The summed E-state index contributed by atoms with van der Waals surface area (Å²) in [6.45, 7) is 5.44. The second-order valence-electron chi connectivity index (χ2n) is 7.55. The minimum atomic E-state index is -1.31. The van der Waals surface area contributed by atoms with Crippen LogP contribution in [0.5, 0.6) is 5.75 Å². The fraction of sp³-hybridized carbons (Fsp3) is 0.346. The number of rotatable bonds is 5. The van der Waals surface area contributed by atoms with E-state index >= 15 is 0 Å². The van der Waals surface area contributed by atoms with Gasteiger partial charge in [0.1, 0.15) is 17.3 Å². The predicted molar refractivity (Wildman–Crippen MR) is 123 cm³/mol. The second-order valence-corrected chi connectivity index (χ2v) is 9.82. The molecule has 30 heavy (non-hydrogen) atoms. The summed E-state index contributed by atoms with van der Waals surface area (Å²) in [4.78, 5) is 13.8. The Morgan fingerprint density at radius 3 is 2.37 bits per heavy atom. The van der Waals surface area contributed by atoms with Crippen LogP contribution in [-0.2, 0) is 20.4 Å². The van der Waals surface area contributed by atoms with Crippen LogP contribution in [-0.4, -0.2) is 29.7 Å². The van der Waals surface area contributed by atoms with Crippen LogP contribution in [0.1, 0.15) is 36.5 Å². The van der Waals surface area contributed by atoms with Gasteiger partial charge in [-0.15, -0.1) is 6.42 Å². The number of aryl methyl sites for hydroxylation is 2. The van der Waals surface area contributed by atoms with Gasteiger partial charge in [-0.1, -0.05) is 24.1 Å². The lowest BCUT2D eigenvalue weighted by atomic mass is 10.1. The Morgan fingerprint density at radius 2 is 1.77 bits per heavy atom. The molecule has 0 radical (unpaired) electrons. The number of carbonyl (C=O) groups excluding carboxylic acids is 1. The maximum absolute atomic E-state index is 12.4. The van der Waals surface area contributed by atoms with Gasteiger partial charge in [0.2, 0.25) is 5.60 Å². The number of terminal acetylenes is 1. The van der Waals surface area contributed by atoms with Crippen molar-refractivity contribution in [3.8, 4) is 29.9 Å². The number of esters is 1. The van der Waals surface area contributed by atoms with Gasteiger partial charge >= 0.3 is 5.97 Å². The summed E-state index contributed by atoms with van der Waals surface area (Å²) >= 11 is 0. The zero-order chi connectivity index (χ0) is 21.6. The zero-order valence-corrected chi connectivity index (χ0v) is 18.6. The van der Waals surface area contributed by atoms with Crippen LogP contribution in [0.2, 0.25) is 0 Å². The number of hydrogen-bond acceptors (Lipinski definition) is 3. The van der Waals surface area contributed by atoms with Gasteiger partial charge < -0.3 is 9.47 Å². The average Bonchev–Trinajstić information content (AvgIpc) is 3.27. The molecule has 1 aliphatic heterocycles. The summed E-state index contributed by atoms with van der Waals surface area (Å²) in [6, 6.07) is 13.8. The van der Waals surface area contributed by atoms with E-state index in [0.717, 1.165) is 22.4 Å². The molecule has 3 nitrogen and oxygen atoms in total. The molecule has 1 fully saturated rings. The highest BCUT2D eigenvalue weighted by molar-refractivity contribution is 7.97. The fourth-order valence-corrected chi connectivity index (χ4v) is 5.86. The highest BCUT2D eigenvalue weighted by atomic mass is 32.2. The minimum absolute atomic E-state index is 0.211. The standard InChI is InChI=1S/C26H27O3S/c1-5-26(4,14-13-22-11-7-6-8-12-22)29-24(27)19-28-25-20(2)17-23(18-21(25)3)30-15-9-10-16-30/h1,6-8,11-12,17-18H,9-10,15-16,19H2,2-4H3/q+1. The minimum Gasteiger partial charge on any atom is -0.481 e. The van der Waals surface area contributed by atoms with Crippen molar-refractivity contribution in [1.82, 2.24) is 0 Å². The molecule has 0 aromatic heterocycles. The molecule has 0 N–H and O–H groups in total. The van der Waals surface area contributed by atoms with Gasteiger partial charge in [-0.05, 0) is 80.8 Å². The van der Waals surface area contributed by atoms with E-state index in [2.05, 4.69) is 29.9 Å². The first-order valence-electron chi connectivity index (χ1n) is 10.1. The SMILES string of the molecule is C#CC(C)(C#Cc1ccccc1)OC(=O)COc1c(C)cc([S+]2CCCC2)cc1C. The summed E-state index contributed by atoms with van der Waals surface area (Å²) in [6.07, 6.45) is 8.21. The van der Waals surface area contributed by atoms with E-state index in [9.17, 15) is 4.79 Å². The molecule has 0 saturated carbocycles. The Labute approximate surface area is 182 Å². The molecule has 0 amide bonds. The first-order valence-corrected chi connectivity index (χ1v) is 11.7. The fourth-order valence-electron chi connectivity index (χ4n) is 3.39. The lowest BCUT2D eigenvalue weighted by molar-refractivity contribution is -0.151. The summed E-state index contributed by atoms with van der Waals surface area (Å²) in [7, 11) is 0.350. The first-order chi connectivity index (χ1) is 14.4. The lowest BCUT2D eigenvalue weighted by Gasteiger charge is -2.19. The summed E-state index contributed by atoms with van der Waals surface area (Å²) < 4.78 is 11.3. The van der Waals surface area contributed by atoms with Crippen LogP contribution in [0.3, 0.4) is 0 Å². The van der Waals surface area contributed by atoms with E-state index < -0.39 is 11.6 Å². The topological polar surface area (TPSA) is 35.5 Å². The van der Waals surface area contributed by atoms with Crippen LogP contribution < -0.4 is 4.74 Å². The molecule has 154 valence electrons. The molecule has 1 heterocycles. The average molecular weight is 420 g/mol. The van der Waals surface area contributed by atoms with Crippen molar-refractivity contribution >= 4 is 16.9 Å². The molecule has 4 heteroatoms. The van der Waals surface area contributed by atoms with Gasteiger partial charge in [0.25, 0.3) is 0 Å². The second kappa shape index (κ2) is 9.79. The molecule has 2 aromatic rings. The van der Waals surface area contributed by atoms with Crippen molar-refractivity contribution in [2.45, 2.75) is 44.1 Å². The van der Waals surface area contributed by atoms with E-state index in [0.29, 0.717) is 10.9 Å². The largest absolute Gasteiger partial charge is 0.481 e. The third-order valence-electron chi connectivity index (χ3n) is 4.95. The first kappa shape index (κ1) is 21.9. The van der Waals surface area contributed by atoms with Crippen LogP contribution in [0, 0.1) is 38.0 Å². The van der Waals surface area contributed by atoms with Gasteiger partial charge in [-0.2, -0.15) is 0 Å². The van der Waals surface area contributed by atoms with Crippen molar-refractivity contribution in [3.05, 3.63) is 59.2 Å². The molecule has 2 aromatic carbocycles. The van der Waals surface area contributed by atoms with Gasteiger partial charge in [-0.25, -0.2) is 4.79 Å². The van der Waals surface area contributed by atoms with Crippen LogP contribution in [0.15, 0.2) is 47.4 Å². The monoisotopic (exact) mass is 419 g/mol. The van der Waals surface area contributed by atoms with Gasteiger partial charge in [0.05, 0.1) is 0 Å². The van der Waals surface area contributed by atoms with E-state index in [1.54, 1.807) is 6.92 Å². The summed E-state index contributed by atoms with van der Waals surface area (Å²) in [5.74, 6) is 11.0. The van der Waals surface area contributed by atoms with E-state index in [1.807, 2.05) is 44.2 Å². The Kier molecular flexibility index (Phi) is 7.14. The lowest BCUT2D eigenvalue weighted by Crippen LogP contribution is -2.31. The van der Waals surface area contributed by atoms with Gasteiger partial charge in [0, 0.05) is 16.5 Å². The predicted octanol–water partition coefficient (Wildman–Crippen LogP) is 4.44.